The van der Waals surface area contributed by atoms with Crippen LogP contribution >= 0.6 is 11.6 Å². The first kappa shape index (κ1) is 13.8. The Morgan fingerprint density at radius 2 is 1.87 bits per heavy atom. The van der Waals surface area contributed by atoms with Crippen molar-refractivity contribution < 1.29 is 0 Å². The second kappa shape index (κ2) is 5.78. The quantitative estimate of drug-likeness (QED) is 0.580. The van der Waals surface area contributed by atoms with Crippen molar-refractivity contribution in [1.29, 1.82) is 0 Å². The first-order chi connectivity index (χ1) is 11.3. The summed E-state index contributed by atoms with van der Waals surface area (Å²) in [4.78, 5) is 13.0. The molecule has 0 atom stereocenters. The van der Waals surface area contributed by atoms with Gasteiger partial charge >= 0.3 is 0 Å². The number of hydrogen-bond acceptors (Lipinski definition) is 4. The fraction of sp³-hybridized carbons (Fsp3) is 0.0588. The van der Waals surface area contributed by atoms with Gasteiger partial charge in [0.15, 0.2) is 5.65 Å². The molecule has 5 nitrogen and oxygen atoms in total. The van der Waals surface area contributed by atoms with Gasteiger partial charge in [0.1, 0.15) is 0 Å². The van der Waals surface area contributed by atoms with Crippen molar-refractivity contribution in [2.45, 2.75) is 6.42 Å². The first-order valence-corrected chi connectivity index (χ1v) is 7.52. The molecule has 0 amide bonds. The Morgan fingerprint density at radius 1 is 0.957 bits per heavy atom. The van der Waals surface area contributed by atoms with Crippen LogP contribution in [0.15, 0.2) is 61.3 Å². The molecule has 0 aliphatic rings. The zero-order valence-corrected chi connectivity index (χ0v) is 12.9. The Kier molecular flexibility index (Phi) is 3.48. The van der Waals surface area contributed by atoms with E-state index in [0.29, 0.717) is 11.4 Å². The van der Waals surface area contributed by atoms with Gasteiger partial charge in [-0.2, -0.15) is 5.10 Å². The van der Waals surface area contributed by atoms with Gasteiger partial charge in [0.05, 0.1) is 22.6 Å². The van der Waals surface area contributed by atoms with E-state index < -0.39 is 0 Å². The van der Waals surface area contributed by atoms with Gasteiger partial charge in [-0.3, -0.25) is 9.97 Å². The topological polar surface area (TPSA) is 56.0 Å². The number of hydrogen-bond donors (Lipinski definition) is 0. The Balaban J connectivity index is 1.81. The molecule has 0 aromatic carbocycles. The molecule has 0 N–H and O–H groups in total. The third kappa shape index (κ3) is 2.55. The summed E-state index contributed by atoms with van der Waals surface area (Å²) in [5.41, 5.74) is 4.54. The highest BCUT2D eigenvalue weighted by atomic mass is 35.5. The van der Waals surface area contributed by atoms with Gasteiger partial charge < -0.3 is 0 Å². The molecule has 4 aromatic rings. The maximum Gasteiger partial charge on any atom is 0.159 e. The van der Waals surface area contributed by atoms with Gasteiger partial charge in [0, 0.05) is 42.3 Å². The lowest BCUT2D eigenvalue weighted by molar-refractivity contribution is 0.946. The summed E-state index contributed by atoms with van der Waals surface area (Å²) in [5.74, 6) is 0. The summed E-state index contributed by atoms with van der Waals surface area (Å²) >= 11 is 6.20. The van der Waals surface area contributed by atoms with Crippen LogP contribution in [0.25, 0.3) is 16.9 Å². The van der Waals surface area contributed by atoms with Crippen molar-refractivity contribution in [3.8, 4) is 11.3 Å². The minimum absolute atomic E-state index is 0.590. The predicted molar refractivity (Wildman–Crippen MR) is 88.3 cm³/mol. The molecule has 0 fully saturated rings. The van der Waals surface area contributed by atoms with Crippen LogP contribution in [0.2, 0.25) is 5.02 Å². The minimum Gasteiger partial charge on any atom is -0.264 e. The van der Waals surface area contributed by atoms with Gasteiger partial charge in [-0.25, -0.2) is 9.50 Å². The number of halogens is 1. The highest BCUT2D eigenvalue weighted by Gasteiger charge is 2.12. The second-order valence-electron chi connectivity index (χ2n) is 5.09. The highest BCUT2D eigenvalue weighted by molar-refractivity contribution is 6.31. The maximum absolute atomic E-state index is 6.20. The van der Waals surface area contributed by atoms with Crippen molar-refractivity contribution in [3.63, 3.8) is 0 Å². The van der Waals surface area contributed by atoms with Crippen LogP contribution in [0, 0.1) is 0 Å². The van der Waals surface area contributed by atoms with Crippen LogP contribution in [-0.4, -0.2) is 24.6 Å². The average Bonchev–Trinajstić information content (AvgIpc) is 3.01. The molecule has 0 saturated heterocycles. The molecule has 4 aromatic heterocycles. The van der Waals surface area contributed by atoms with Crippen LogP contribution in [0.1, 0.15) is 11.3 Å². The maximum atomic E-state index is 6.20. The molecule has 0 saturated carbocycles. The van der Waals surface area contributed by atoms with Gasteiger partial charge in [-0.15, -0.1) is 0 Å². The third-order valence-corrected chi connectivity index (χ3v) is 3.97. The molecule has 4 heterocycles. The van der Waals surface area contributed by atoms with Crippen molar-refractivity contribution in [2.24, 2.45) is 0 Å². The summed E-state index contributed by atoms with van der Waals surface area (Å²) in [6, 6.07) is 9.48. The highest BCUT2D eigenvalue weighted by Crippen LogP contribution is 2.22. The molecule has 0 spiro atoms. The molecule has 23 heavy (non-hydrogen) atoms. The Hall–Kier alpha value is -2.79. The molecule has 0 aliphatic heterocycles. The van der Waals surface area contributed by atoms with E-state index in [1.165, 1.54) is 0 Å². The lowest BCUT2D eigenvalue weighted by atomic mass is 10.1. The largest absolute Gasteiger partial charge is 0.264 e. The standard InChI is InChI=1S/C17H12ClN5/c18-14-4-2-7-20-15(14)9-13-11-22-23-16(5-8-21-17(13)23)12-3-1-6-19-10-12/h1-8,10-11H,9H2. The molecule has 0 aliphatic carbocycles. The molecule has 6 heteroatoms. The molecule has 0 bridgehead atoms. The van der Waals surface area contributed by atoms with Gasteiger partial charge in [-0.1, -0.05) is 11.6 Å². The van der Waals surface area contributed by atoms with Crippen LogP contribution in [0.4, 0.5) is 0 Å². The zero-order chi connectivity index (χ0) is 15.6. The molecular formula is C17H12ClN5. The van der Waals surface area contributed by atoms with Crippen molar-refractivity contribution >= 4 is 17.2 Å². The van der Waals surface area contributed by atoms with Crippen molar-refractivity contribution in [1.82, 2.24) is 24.6 Å². The normalized spacial score (nSPS) is 11.0. The minimum atomic E-state index is 0.590. The predicted octanol–water partition coefficient (Wildman–Crippen LogP) is 3.43. The van der Waals surface area contributed by atoms with E-state index >= 15 is 0 Å². The van der Waals surface area contributed by atoms with Crippen LogP contribution in [0.3, 0.4) is 0 Å². The monoisotopic (exact) mass is 321 g/mol. The third-order valence-electron chi connectivity index (χ3n) is 3.62. The Labute approximate surface area is 137 Å². The summed E-state index contributed by atoms with van der Waals surface area (Å²) in [5, 5.41) is 5.12. The average molecular weight is 322 g/mol. The van der Waals surface area contributed by atoms with Crippen molar-refractivity contribution in [3.05, 3.63) is 77.6 Å². The number of nitrogens with zero attached hydrogens (tertiary/aromatic N) is 5. The summed E-state index contributed by atoms with van der Waals surface area (Å²) in [6.45, 7) is 0. The van der Waals surface area contributed by atoms with E-state index in [-0.39, 0.29) is 0 Å². The summed E-state index contributed by atoms with van der Waals surface area (Å²) in [6.07, 6.45) is 9.48. The fourth-order valence-corrected chi connectivity index (χ4v) is 2.71. The zero-order valence-electron chi connectivity index (χ0n) is 12.1. The summed E-state index contributed by atoms with van der Waals surface area (Å²) < 4.78 is 1.82. The lowest BCUT2D eigenvalue weighted by Crippen LogP contribution is -1.98. The second-order valence-corrected chi connectivity index (χ2v) is 5.49. The number of pyridine rings is 2. The van der Waals surface area contributed by atoms with Crippen LogP contribution in [-0.2, 0) is 6.42 Å². The molecule has 112 valence electrons. The van der Waals surface area contributed by atoms with Crippen molar-refractivity contribution in [2.75, 3.05) is 0 Å². The van der Waals surface area contributed by atoms with E-state index in [9.17, 15) is 0 Å². The number of rotatable bonds is 3. The number of fused-ring (bicyclic) bond motifs is 1. The summed E-state index contributed by atoms with van der Waals surface area (Å²) in [7, 11) is 0. The van der Waals surface area contributed by atoms with E-state index in [2.05, 4.69) is 20.1 Å². The number of aromatic nitrogens is 5. The van der Waals surface area contributed by atoms with Gasteiger partial charge in [0.2, 0.25) is 0 Å². The van der Waals surface area contributed by atoms with E-state index in [0.717, 1.165) is 28.2 Å². The fourth-order valence-electron chi connectivity index (χ4n) is 2.53. The van der Waals surface area contributed by atoms with Gasteiger partial charge in [-0.05, 0) is 30.3 Å². The molecule has 0 radical (unpaired) electrons. The molecule has 0 unspecified atom stereocenters. The van der Waals surface area contributed by atoms with E-state index in [1.807, 2.05) is 47.2 Å². The van der Waals surface area contributed by atoms with E-state index in [4.69, 9.17) is 11.6 Å². The smallest absolute Gasteiger partial charge is 0.159 e. The lowest BCUT2D eigenvalue weighted by Gasteiger charge is -2.05. The van der Waals surface area contributed by atoms with Crippen LogP contribution < -0.4 is 0 Å². The first-order valence-electron chi connectivity index (χ1n) is 7.14. The van der Waals surface area contributed by atoms with Crippen LogP contribution in [0.5, 0.6) is 0 Å². The Morgan fingerprint density at radius 3 is 2.70 bits per heavy atom. The van der Waals surface area contributed by atoms with Gasteiger partial charge in [0.25, 0.3) is 0 Å². The SMILES string of the molecule is Clc1cccnc1Cc1cnn2c(-c3cccnc3)ccnc12. The molecular weight excluding hydrogens is 310 g/mol. The molecule has 4 rings (SSSR count). The Bertz CT molecular complexity index is 965. The van der Waals surface area contributed by atoms with E-state index in [1.54, 1.807) is 18.6 Å².